The second-order valence-corrected chi connectivity index (χ2v) is 11.3. The fourth-order valence-electron chi connectivity index (χ4n) is 6.33. The van der Waals surface area contributed by atoms with Crippen molar-refractivity contribution in [3.63, 3.8) is 0 Å². The van der Waals surface area contributed by atoms with Crippen LogP contribution in [0.15, 0.2) is 156 Å². The molecule has 0 aliphatic rings. The molecule has 0 saturated carbocycles. The van der Waals surface area contributed by atoms with Crippen LogP contribution in [0.1, 0.15) is 0 Å². The molecule has 7 aromatic carbocycles. The van der Waals surface area contributed by atoms with E-state index in [1.54, 1.807) is 0 Å². The van der Waals surface area contributed by atoms with Crippen LogP contribution in [0.4, 0.5) is 0 Å². The van der Waals surface area contributed by atoms with E-state index in [2.05, 4.69) is 103 Å². The van der Waals surface area contributed by atoms with Gasteiger partial charge in [-0.15, -0.1) is 0 Å². The molecule has 0 amide bonds. The molecule has 0 radical (unpaired) electrons. The summed E-state index contributed by atoms with van der Waals surface area (Å²) in [6.07, 6.45) is 0. The van der Waals surface area contributed by atoms with Gasteiger partial charge >= 0.3 is 0 Å². The molecular weight excluding hydrogens is 550 g/mol. The number of nitrogens with zero attached hydrogens (tertiary/aromatic N) is 3. The monoisotopic (exact) mass is 575 g/mol. The fourth-order valence-corrected chi connectivity index (χ4v) is 6.33. The van der Waals surface area contributed by atoms with E-state index >= 15 is 0 Å². The largest absolute Gasteiger partial charge is 0.456 e. The Labute approximate surface area is 259 Å². The van der Waals surface area contributed by atoms with Gasteiger partial charge in [0.25, 0.3) is 0 Å². The van der Waals surface area contributed by atoms with Crippen LogP contribution in [0, 0.1) is 0 Å². The molecule has 45 heavy (non-hydrogen) atoms. The fraction of sp³-hybridized carbons (Fsp3) is 0. The second-order valence-electron chi connectivity index (χ2n) is 11.3. The molecule has 0 spiro atoms. The van der Waals surface area contributed by atoms with Crippen molar-refractivity contribution in [2.75, 3.05) is 0 Å². The lowest BCUT2D eigenvalue weighted by Gasteiger charge is -2.10. The number of furan rings is 1. The zero-order valence-corrected chi connectivity index (χ0v) is 24.2. The Morgan fingerprint density at radius 1 is 0.356 bits per heavy atom. The lowest BCUT2D eigenvalue weighted by molar-refractivity contribution is 0.669. The van der Waals surface area contributed by atoms with E-state index in [-0.39, 0.29) is 0 Å². The van der Waals surface area contributed by atoms with E-state index in [1.807, 2.05) is 48.5 Å². The first-order valence-electron chi connectivity index (χ1n) is 15.0. The molecule has 0 atom stereocenters. The maximum absolute atomic E-state index is 6.37. The van der Waals surface area contributed by atoms with Crippen molar-refractivity contribution in [1.29, 1.82) is 0 Å². The van der Waals surface area contributed by atoms with Crippen LogP contribution in [0.5, 0.6) is 0 Å². The quantitative estimate of drug-likeness (QED) is 0.209. The summed E-state index contributed by atoms with van der Waals surface area (Å²) in [5.41, 5.74) is 6.78. The highest BCUT2D eigenvalue weighted by atomic mass is 16.3. The summed E-state index contributed by atoms with van der Waals surface area (Å²) < 4.78 is 6.37. The summed E-state index contributed by atoms with van der Waals surface area (Å²) >= 11 is 0. The summed E-state index contributed by atoms with van der Waals surface area (Å²) in [5, 5.41) is 6.79. The maximum Gasteiger partial charge on any atom is 0.164 e. The number of hydrogen-bond acceptors (Lipinski definition) is 4. The Kier molecular flexibility index (Phi) is 5.78. The third-order valence-corrected chi connectivity index (χ3v) is 8.51. The molecule has 0 fully saturated rings. The minimum atomic E-state index is 0.617. The Bertz CT molecular complexity index is 2540. The molecular formula is C41H25N3O. The zero-order valence-electron chi connectivity index (χ0n) is 24.2. The van der Waals surface area contributed by atoms with Gasteiger partial charge in [-0.2, -0.15) is 0 Å². The summed E-state index contributed by atoms with van der Waals surface area (Å²) in [7, 11) is 0. The number of aromatic nitrogens is 3. The van der Waals surface area contributed by atoms with Crippen molar-refractivity contribution >= 4 is 43.5 Å². The molecule has 2 heterocycles. The predicted molar refractivity (Wildman–Crippen MR) is 184 cm³/mol. The minimum absolute atomic E-state index is 0.617. The van der Waals surface area contributed by atoms with Crippen molar-refractivity contribution < 1.29 is 4.42 Å². The molecule has 0 N–H and O–H groups in total. The molecule has 0 aliphatic heterocycles. The molecule has 0 unspecified atom stereocenters. The molecule has 2 aromatic heterocycles. The molecule has 0 saturated heterocycles. The van der Waals surface area contributed by atoms with E-state index in [4.69, 9.17) is 19.4 Å². The Balaban J connectivity index is 1.26. The van der Waals surface area contributed by atoms with E-state index in [0.29, 0.717) is 17.5 Å². The summed E-state index contributed by atoms with van der Waals surface area (Å²) in [6, 6.07) is 52.2. The normalized spacial score (nSPS) is 11.6. The van der Waals surface area contributed by atoms with E-state index in [1.165, 1.54) is 10.8 Å². The molecule has 9 aromatic rings. The summed E-state index contributed by atoms with van der Waals surface area (Å²) in [6.45, 7) is 0. The number of rotatable bonds is 4. The Hall–Kier alpha value is -6.13. The molecule has 4 nitrogen and oxygen atoms in total. The first-order valence-corrected chi connectivity index (χ1v) is 15.0. The second kappa shape index (κ2) is 10.2. The highest BCUT2D eigenvalue weighted by Crippen LogP contribution is 2.39. The van der Waals surface area contributed by atoms with Gasteiger partial charge < -0.3 is 4.42 Å². The third kappa shape index (κ3) is 4.35. The van der Waals surface area contributed by atoms with Gasteiger partial charge in [0.1, 0.15) is 11.2 Å². The van der Waals surface area contributed by atoms with Crippen LogP contribution in [0.25, 0.3) is 88.8 Å². The topological polar surface area (TPSA) is 51.8 Å². The number of benzene rings is 7. The Morgan fingerprint density at radius 3 is 1.91 bits per heavy atom. The van der Waals surface area contributed by atoms with Crippen molar-refractivity contribution in [3.05, 3.63) is 152 Å². The van der Waals surface area contributed by atoms with Crippen molar-refractivity contribution in [2.24, 2.45) is 0 Å². The summed E-state index contributed by atoms with van der Waals surface area (Å²) in [4.78, 5) is 15.1. The molecule has 0 aliphatic carbocycles. The first-order chi connectivity index (χ1) is 22.3. The molecule has 4 heteroatoms. The third-order valence-electron chi connectivity index (χ3n) is 8.51. The first kappa shape index (κ1) is 25.4. The van der Waals surface area contributed by atoms with Gasteiger partial charge in [0.05, 0.1) is 0 Å². The average Bonchev–Trinajstić information content (AvgIpc) is 3.49. The maximum atomic E-state index is 6.37. The van der Waals surface area contributed by atoms with Crippen LogP contribution in [-0.4, -0.2) is 15.0 Å². The zero-order chi connectivity index (χ0) is 29.7. The van der Waals surface area contributed by atoms with Crippen LogP contribution < -0.4 is 0 Å². The van der Waals surface area contributed by atoms with E-state index in [9.17, 15) is 0 Å². The molecule has 0 bridgehead atoms. The van der Waals surface area contributed by atoms with Gasteiger partial charge in [0, 0.05) is 27.5 Å². The van der Waals surface area contributed by atoms with Crippen LogP contribution in [0.2, 0.25) is 0 Å². The highest BCUT2D eigenvalue weighted by Gasteiger charge is 2.17. The molecule has 210 valence electrons. The van der Waals surface area contributed by atoms with E-state index < -0.39 is 0 Å². The van der Waals surface area contributed by atoms with Gasteiger partial charge in [-0.25, -0.2) is 15.0 Å². The van der Waals surface area contributed by atoms with Crippen LogP contribution in [-0.2, 0) is 0 Å². The van der Waals surface area contributed by atoms with Gasteiger partial charge in [-0.3, -0.25) is 0 Å². The lowest BCUT2D eigenvalue weighted by atomic mass is 9.96. The van der Waals surface area contributed by atoms with Crippen molar-refractivity contribution in [1.82, 2.24) is 15.0 Å². The van der Waals surface area contributed by atoms with Gasteiger partial charge in [0.15, 0.2) is 17.5 Å². The number of hydrogen-bond donors (Lipinski definition) is 0. The highest BCUT2D eigenvalue weighted by molar-refractivity contribution is 6.13. The van der Waals surface area contributed by atoms with Gasteiger partial charge in [0.2, 0.25) is 0 Å². The average molecular weight is 576 g/mol. The van der Waals surface area contributed by atoms with Gasteiger partial charge in [-0.05, 0) is 63.0 Å². The molecule has 9 rings (SSSR count). The number of fused-ring (bicyclic) bond motifs is 5. The SMILES string of the molecule is c1ccc(-c2nc(-c3ccc4oc5cccc(-c6ccc7ccccc7c6)c5c4c3)nc(-c3cccc4ccccc34)n2)cc1. The van der Waals surface area contributed by atoms with Gasteiger partial charge in [-0.1, -0.05) is 121 Å². The summed E-state index contributed by atoms with van der Waals surface area (Å²) in [5.74, 6) is 1.90. The van der Waals surface area contributed by atoms with Crippen molar-refractivity contribution in [2.45, 2.75) is 0 Å². The smallest absolute Gasteiger partial charge is 0.164 e. The van der Waals surface area contributed by atoms with Crippen LogP contribution >= 0.6 is 0 Å². The Morgan fingerprint density at radius 2 is 1.02 bits per heavy atom. The lowest BCUT2D eigenvalue weighted by Crippen LogP contribution is -2.00. The standard InChI is InChI=1S/C41H25N3O/c1-2-12-28(13-3-1)39-42-40(44-41(43-39)34-18-8-15-27-11-6-7-16-32(27)34)31-22-23-36-35(25-31)38-33(17-9-19-37(38)45-36)30-21-20-26-10-4-5-14-29(26)24-30/h1-25H. The van der Waals surface area contributed by atoms with Crippen molar-refractivity contribution in [3.8, 4) is 45.3 Å². The minimum Gasteiger partial charge on any atom is -0.456 e. The van der Waals surface area contributed by atoms with Crippen LogP contribution in [0.3, 0.4) is 0 Å². The van der Waals surface area contributed by atoms with E-state index in [0.717, 1.165) is 60.5 Å². The predicted octanol–water partition coefficient (Wildman–Crippen LogP) is 10.7.